The summed E-state index contributed by atoms with van der Waals surface area (Å²) in [5, 5.41) is 12.7. The van der Waals surface area contributed by atoms with Crippen molar-refractivity contribution in [3.63, 3.8) is 0 Å². The number of hydrogen-bond acceptors (Lipinski definition) is 8. The molecule has 0 aliphatic rings. The summed E-state index contributed by atoms with van der Waals surface area (Å²) in [5.74, 6) is 2.28. The molecule has 0 radical (unpaired) electrons. The van der Waals surface area contributed by atoms with E-state index in [1.807, 2.05) is 36.7 Å². The number of rotatable bonds is 6. The minimum absolute atomic E-state index is 0.0470. The lowest BCUT2D eigenvalue weighted by Gasteiger charge is -2.07. The molecule has 0 aliphatic carbocycles. The van der Waals surface area contributed by atoms with Crippen molar-refractivity contribution in [2.24, 2.45) is 7.05 Å². The highest BCUT2D eigenvalue weighted by atomic mass is 32.2. The first-order chi connectivity index (χ1) is 11.6. The van der Waals surface area contributed by atoms with E-state index in [-0.39, 0.29) is 5.25 Å². The topological polar surface area (TPSA) is 88.1 Å². The van der Waals surface area contributed by atoms with Gasteiger partial charge in [0.1, 0.15) is 6.33 Å². The summed E-state index contributed by atoms with van der Waals surface area (Å²) in [7, 11) is 5.07. The maximum atomic E-state index is 5.39. The highest BCUT2D eigenvalue weighted by Crippen LogP contribution is 2.35. The quantitative estimate of drug-likeness (QED) is 0.629. The van der Waals surface area contributed by atoms with E-state index in [9.17, 15) is 0 Å². The van der Waals surface area contributed by atoms with Gasteiger partial charge in [0.05, 0.1) is 19.5 Å². The first-order valence-corrected chi connectivity index (χ1v) is 8.07. The van der Waals surface area contributed by atoms with Crippen LogP contribution >= 0.6 is 11.8 Å². The van der Waals surface area contributed by atoms with Crippen LogP contribution in [0, 0.1) is 0 Å². The third-order valence-corrected chi connectivity index (χ3v) is 4.52. The Morgan fingerprint density at radius 3 is 2.67 bits per heavy atom. The van der Waals surface area contributed by atoms with Crippen molar-refractivity contribution in [2.75, 3.05) is 14.2 Å². The third kappa shape index (κ3) is 3.21. The molecular formula is C15H17N5O3S. The molecule has 8 nitrogen and oxygen atoms in total. The first kappa shape index (κ1) is 16.3. The van der Waals surface area contributed by atoms with Crippen LogP contribution in [-0.2, 0) is 7.05 Å². The van der Waals surface area contributed by atoms with Gasteiger partial charge in [0.2, 0.25) is 11.7 Å². The molecule has 3 aromatic rings. The molecule has 0 fully saturated rings. The van der Waals surface area contributed by atoms with E-state index in [2.05, 4.69) is 20.3 Å². The zero-order valence-electron chi connectivity index (χ0n) is 13.8. The first-order valence-electron chi connectivity index (χ1n) is 7.19. The van der Waals surface area contributed by atoms with Crippen LogP contribution in [0.2, 0.25) is 0 Å². The van der Waals surface area contributed by atoms with Gasteiger partial charge < -0.3 is 18.6 Å². The van der Waals surface area contributed by atoms with Gasteiger partial charge in [-0.1, -0.05) is 16.9 Å². The van der Waals surface area contributed by atoms with E-state index in [0.717, 1.165) is 10.7 Å². The van der Waals surface area contributed by atoms with E-state index in [0.29, 0.717) is 23.2 Å². The fraction of sp³-hybridized carbons (Fsp3) is 0.333. The van der Waals surface area contributed by atoms with Crippen molar-refractivity contribution in [1.29, 1.82) is 0 Å². The normalized spacial score (nSPS) is 12.2. The van der Waals surface area contributed by atoms with Crippen LogP contribution in [0.1, 0.15) is 18.1 Å². The van der Waals surface area contributed by atoms with Gasteiger partial charge in [-0.15, -0.1) is 10.2 Å². The zero-order valence-corrected chi connectivity index (χ0v) is 14.6. The molecule has 1 atom stereocenters. The zero-order chi connectivity index (χ0) is 17.1. The van der Waals surface area contributed by atoms with Crippen LogP contribution in [0.4, 0.5) is 0 Å². The second-order valence-corrected chi connectivity index (χ2v) is 6.32. The summed E-state index contributed by atoms with van der Waals surface area (Å²) in [5.41, 5.74) is 0.790. The maximum absolute atomic E-state index is 5.39. The van der Waals surface area contributed by atoms with Gasteiger partial charge in [-0.05, 0) is 25.1 Å². The molecular weight excluding hydrogens is 330 g/mol. The van der Waals surface area contributed by atoms with Gasteiger partial charge in [-0.2, -0.15) is 4.98 Å². The van der Waals surface area contributed by atoms with Crippen LogP contribution in [0.25, 0.3) is 11.4 Å². The molecule has 24 heavy (non-hydrogen) atoms. The fourth-order valence-electron chi connectivity index (χ4n) is 2.08. The van der Waals surface area contributed by atoms with Gasteiger partial charge >= 0.3 is 0 Å². The van der Waals surface area contributed by atoms with E-state index in [1.54, 1.807) is 20.5 Å². The molecule has 2 heterocycles. The molecule has 0 aliphatic heterocycles. The highest BCUT2D eigenvalue weighted by molar-refractivity contribution is 7.99. The predicted molar refractivity (Wildman–Crippen MR) is 88.1 cm³/mol. The van der Waals surface area contributed by atoms with Crippen LogP contribution in [0.15, 0.2) is 34.2 Å². The average Bonchev–Trinajstić information content (AvgIpc) is 3.24. The second kappa shape index (κ2) is 6.91. The molecule has 0 saturated heterocycles. The lowest BCUT2D eigenvalue weighted by atomic mass is 10.2. The van der Waals surface area contributed by atoms with Crippen molar-refractivity contribution in [3.05, 3.63) is 30.4 Å². The predicted octanol–water partition coefficient (Wildman–Crippen LogP) is 2.74. The lowest BCUT2D eigenvalue weighted by Crippen LogP contribution is -1.94. The summed E-state index contributed by atoms with van der Waals surface area (Å²) in [4.78, 5) is 4.47. The Morgan fingerprint density at radius 1 is 1.21 bits per heavy atom. The standard InChI is InChI=1S/C15H17N5O3S/c1-9(24-15-18-16-8-20(15)2)14-17-13(19-23-14)10-5-6-11(21-3)12(7-10)22-4/h5-9H,1-4H3. The molecule has 0 spiro atoms. The van der Waals surface area contributed by atoms with Crippen molar-refractivity contribution in [1.82, 2.24) is 24.9 Å². The molecule has 3 rings (SSSR count). The molecule has 9 heteroatoms. The largest absolute Gasteiger partial charge is 0.493 e. The van der Waals surface area contributed by atoms with E-state index < -0.39 is 0 Å². The SMILES string of the molecule is COc1ccc(-c2noc(C(C)Sc3nncn3C)n2)cc1OC. The van der Waals surface area contributed by atoms with Crippen LogP contribution in [0.3, 0.4) is 0 Å². The molecule has 0 saturated carbocycles. The van der Waals surface area contributed by atoms with Gasteiger partial charge in [0, 0.05) is 12.6 Å². The van der Waals surface area contributed by atoms with Gasteiger partial charge in [-0.25, -0.2) is 0 Å². The smallest absolute Gasteiger partial charge is 0.240 e. The number of nitrogens with zero attached hydrogens (tertiary/aromatic N) is 5. The Morgan fingerprint density at radius 2 is 2.00 bits per heavy atom. The number of aromatic nitrogens is 5. The minimum atomic E-state index is -0.0470. The highest BCUT2D eigenvalue weighted by Gasteiger charge is 2.19. The molecule has 1 aromatic carbocycles. The summed E-state index contributed by atoms with van der Waals surface area (Å²) in [6.45, 7) is 1.98. The molecule has 1 unspecified atom stereocenters. The molecule has 0 bridgehead atoms. The second-order valence-electron chi connectivity index (χ2n) is 5.01. The Labute approximate surface area is 143 Å². The summed E-state index contributed by atoms with van der Waals surface area (Å²) in [6, 6.07) is 5.48. The fourth-order valence-corrected chi connectivity index (χ4v) is 2.90. The lowest BCUT2D eigenvalue weighted by molar-refractivity contribution is 0.355. The number of methoxy groups -OCH3 is 2. The van der Waals surface area contributed by atoms with Crippen molar-refractivity contribution in [2.45, 2.75) is 17.3 Å². The van der Waals surface area contributed by atoms with Gasteiger partial charge in [0.15, 0.2) is 16.7 Å². The summed E-state index contributed by atoms with van der Waals surface area (Å²) in [6.07, 6.45) is 1.65. The molecule has 0 amide bonds. The van der Waals surface area contributed by atoms with Crippen LogP contribution in [0.5, 0.6) is 11.5 Å². The van der Waals surface area contributed by atoms with E-state index in [1.165, 1.54) is 11.8 Å². The van der Waals surface area contributed by atoms with E-state index >= 15 is 0 Å². The summed E-state index contributed by atoms with van der Waals surface area (Å²) >= 11 is 1.50. The summed E-state index contributed by atoms with van der Waals surface area (Å²) < 4.78 is 17.8. The van der Waals surface area contributed by atoms with E-state index in [4.69, 9.17) is 14.0 Å². The Hall–Kier alpha value is -2.55. The van der Waals surface area contributed by atoms with Crippen LogP contribution < -0.4 is 9.47 Å². The molecule has 2 aromatic heterocycles. The van der Waals surface area contributed by atoms with Gasteiger partial charge in [0.25, 0.3) is 0 Å². The third-order valence-electron chi connectivity index (χ3n) is 3.38. The van der Waals surface area contributed by atoms with Crippen LogP contribution in [-0.4, -0.2) is 39.1 Å². The number of ether oxygens (including phenoxy) is 2. The van der Waals surface area contributed by atoms with Gasteiger partial charge in [-0.3, -0.25) is 0 Å². The molecule has 0 N–H and O–H groups in total. The number of thioether (sulfide) groups is 1. The van der Waals surface area contributed by atoms with Crippen molar-refractivity contribution in [3.8, 4) is 22.9 Å². The maximum Gasteiger partial charge on any atom is 0.240 e. The Kier molecular flexibility index (Phi) is 4.70. The Balaban J connectivity index is 1.81. The van der Waals surface area contributed by atoms with Crippen molar-refractivity contribution >= 4 is 11.8 Å². The number of aryl methyl sites for hydroxylation is 1. The number of hydrogen-bond donors (Lipinski definition) is 0. The average molecular weight is 347 g/mol. The van der Waals surface area contributed by atoms with Crippen molar-refractivity contribution < 1.29 is 14.0 Å². The minimum Gasteiger partial charge on any atom is -0.493 e. The Bertz CT molecular complexity index is 832. The number of benzene rings is 1. The molecule has 126 valence electrons. The monoisotopic (exact) mass is 347 g/mol.